The van der Waals surface area contributed by atoms with Crippen molar-refractivity contribution in [3.05, 3.63) is 0 Å². The summed E-state index contributed by atoms with van der Waals surface area (Å²) in [6, 6.07) is 0.0856. The SMILES string of the molecule is CSC(CO)C(C)N1CCNC1=O. The third-order valence-electron chi connectivity index (χ3n) is 2.40. The normalized spacial score (nSPS) is 21.5. The van der Waals surface area contributed by atoms with Gasteiger partial charge in [0.15, 0.2) is 0 Å². The van der Waals surface area contributed by atoms with Gasteiger partial charge in [0.05, 0.1) is 6.61 Å². The first-order chi connectivity index (χ1) is 6.20. The minimum Gasteiger partial charge on any atom is -0.395 e. The Kier molecular flexibility index (Phi) is 3.87. The molecule has 0 bridgehead atoms. The highest BCUT2D eigenvalue weighted by Crippen LogP contribution is 2.17. The maximum Gasteiger partial charge on any atom is 0.317 e. The lowest BCUT2D eigenvalue weighted by atomic mass is 10.2. The van der Waals surface area contributed by atoms with Crippen LogP contribution in [0.1, 0.15) is 6.92 Å². The Hall–Kier alpha value is -0.420. The number of carbonyl (C=O) groups excluding carboxylic acids is 1. The zero-order chi connectivity index (χ0) is 9.84. The number of carbonyl (C=O) groups is 1. The number of aliphatic hydroxyl groups is 1. The van der Waals surface area contributed by atoms with Crippen molar-refractivity contribution in [1.29, 1.82) is 0 Å². The Morgan fingerprint density at radius 2 is 2.46 bits per heavy atom. The van der Waals surface area contributed by atoms with Crippen LogP contribution in [0.3, 0.4) is 0 Å². The molecule has 5 heteroatoms. The zero-order valence-electron chi connectivity index (χ0n) is 7.99. The molecule has 0 aliphatic carbocycles. The molecule has 76 valence electrons. The van der Waals surface area contributed by atoms with Gasteiger partial charge in [0.2, 0.25) is 0 Å². The molecule has 2 N–H and O–H groups in total. The summed E-state index contributed by atoms with van der Waals surface area (Å²) >= 11 is 1.60. The molecule has 1 heterocycles. The summed E-state index contributed by atoms with van der Waals surface area (Å²) in [6.45, 7) is 3.56. The number of urea groups is 1. The predicted molar refractivity (Wildman–Crippen MR) is 54.0 cm³/mol. The van der Waals surface area contributed by atoms with Crippen molar-refractivity contribution in [2.24, 2.45) is 0 Å². The molecule has 0 spiro atoms. The second kappa shape index (κ2) is 4.72. The lowest BCUT2D eigenvalue weighted by Crippen LogP contribution is -2.43. The number of amides is 2. The summed E-state index contributed by atoms with van der Waals surface area (Å²) in [7, 11) is 0. The third kappa shape index (κ3) is 2.28. The van der Waals surface area contributed by atoms with Crippen molar-refractivity contribution in [2.75, 3.05) is 26.0 Å². The Labute approximate surface area is 82.7 Å². The monoisotopic (exact) mass is 204 g/mol. The first kappa shape index (κ1) is 10.7. The number of thioether (sulfide) groups is 1. The second-order valence-electron chi connectivity index (χ2n) is 3.12. The molecule has 2 atom stereocenters. The molecule has 2 unspecified atom stereocenters. The molecule has 1 fully saturated rings. The van der Waals surface area contributed by atoms with Gasteiger partial charge in [-0.05, 0) is 13.2 Å². The van der Waals surface area contributed by atoms with Gasteiger partial charge in [0, 0.05) is 24.4 Å². The van der Waals surface area contributed by atoms with Crippen molar-refractivity contribution < 1.29 is 9.90 Å². The van der Waals surface area contributed by atoms with E-state index in [1.54, 1.807) is 16.7 Å². The first-order valence-corrected chi connectivity index (χ1v) is 5.67. The van der Waals surface area contributed by atoms with Crippen LogP contribution >= 0.6 is 11.8 Å². The minimum absolute atomic E-state index is 0.0139. The van der Waals surface area contributed by atoms with Gasteiger partial charge in [-0.2, -0.15) is 11.8 Å². The van der Waals surface area contributed by atoms with E-state index in [9.17, 15) is 4.79 Å². The van der Waals surface area contributed by atoms with Crippen LogP contribution in [0.2, 0.25) is 0 Å². The number of rotatable bonds is 4. The second-order valence-corrected chi connectivity index (χ2v) is 4.20. The molecule has 0 radical (unpaired) electrons. The Bertz CT molecular complexity index is 185. The summed E-state index contributed by atoms with van der Waals surface area (Å²) in [6.07, 6.45) is 1.95. The van der Waals surface area contributed by atoms with E-state index in [4.69, 9.17) is 5.11 Å². The number of aliphatic hydroxyl groups excluding tert-OH is 1. The number of nitrogens with zero attached hydrogens (tertiary/aromatic N) is 1. The van der Waals surface area contributed by atoms with E-state index in [0.29, 0.717) is 0 Å². The maximum atomic E-state index is 11.3. The molecule has 13 heavy (non-hydrogen) atoms. The molecule has 1 aliphatic heterocycles. The van der Waals surface area contributed by atoms with Crippen LogP contribution in [0.25, 0.3) is 0 Å². The van der Waals surface area contributed by atoms with E-state index in [1.807, 2.05) is 13.2 Å². The highest BCUT2D eigenvalue weighted by Gasteiger charge is 2.29. The summed E-state index contributed by atoms with van der Waals surface area (Å²) in [5, 5.41) is 11.9. The van der Waals surface area contributed by atoms with Crippen molar-refractivity contribution >= 4 is 17.8 Å². The predicted octanol–water partition coefficient (Wildman–Crippen LogP) is 0.124. The van der Waals surface area contributed by atoms with Gasteiger partial charge in [-0.15, -0.1) is 0 Å². The smallest absolute Gasteiger partial charge is 0.317 e. The molecule has 1 rings (SSSR count). The van der Waals surface area contributed by atoms with E-state index in [-0.39, 0.29) is 23.9 Å². The minimum atomic E-state index is -0.0139. The van der Waals surface area contributed by atoms with Crippen molar-refractivity contribution in [2.45, 2.75) is 18.2 Å². The fourth-order valence-electron chi connectivity index (χ4n) is 1.50. The summed E-state index contributed by atoms with van der Waals surface area (Å²) in [5.41, 5.74) is 0. The quantitative estimate of drug-likeness (QED) is 0.684. The lowest BCUT2D eigenvalue weighted by Gasteiger charge is -2.28. The summed E-state index contributed by atoms with van der Waals surface area (Å²) < 4.78 is 0. The lowest BCUT2D eigenvalue weighted by molar-refractivity contribution is 0.187. The van der Waals surface area contributed by atoms with Gasteiger partial charge in [-0.1, -0.05) is 0 Å². The summed E-state index contributed by atoms with van der Waals surface area (Å²) in [4.78, 5) is 13.1. The van der Waals surface area contributed by atoms with Crippen LogP contribution < -0.4 is 5.32 Å². The van der Waals surface area contributed by atoms with Crippen LogP contribution in [0.15, 0.2) is 0 Å². The average molecular weight is 204 g/mol. The molecule has 1 saturated heterocycles. The van der Waals surface area contributed by atoms with Gasteiger partial charge in [0.25, 0.3) is 0 Å². The van der Waals surface area contributed by atoms with Gasteiger partial charge in [0.1, 0.15) is 0 Å². The average Bonchev–Trinajstić information content (AvgIpc) is 2.53. The van der Waals surface area contributed by atoms with Gasteiger partial charge >= 0.3 is 6.03 Å². The van der Waals surface area contributed by atoms with Gasteiger partial charge in [-0.25, -0.2) is 4.79 Å². The van der Waals surface area contributed by atoms with Crippen LogP contribution in [0.4, 0.5) is 4.79 Å². The topological polar surface area (TPSA) is 52.6 Å². The molecule has 1 aliphatic rings. The molecular formula is C8H16N2O2S. The number of hydrogen-bond acceptors (Lipinski definition) is 3. The van der Waals surface area contributed by atoms with E-state index in [0.717, 1.165) is 13.1 Å². The molecule has 0 saturated carbocycles. The fraction of sp³-hybridized carbons (Fsp3) is 0.875. The Morgan fingerprint density at radius 1 is 1.77 bits per heavy atom. The molecular weight excluding hydrogens is 188 g/mol. The highest BCUT2D eigenvalue weighted by molar-refractivity contribution is 7.99. The Balaban J connectivity index is 2.54. The van der Waals surface area contributed by atoms with Crippen LogP contribution in [-0.2, 0) is 0 Å². The molecule has 2 amide bonds. The molecule has 0 aromatic carbocycles. The van der Waals surface area contributed by atoms with Gasteiger partial charge < -0.3 is 15.3 Å². The van der Waals surface area contributed by atoms with E-state index < -0.39 is 0 Å². The first-order valence-electron chi connectivity index (χ1n) is 4.38. The zero-order valence-corrected chi connectivity index (χ0v) is 8.80. The van der Waals surface area contributed by atoms with E-state index in [2.05, 4.69) is 5.32 Å². The highest BCUT2D eigenvalue weighted by atomic mass is 32.2. The molecule has 0 aromatic rings. The van der Waals surface area contributed by atoms with Crippen LogP contribution in [0.5, 0.6) is 0 Å². The van der Waals surface area contributed by atoms with Gasteiger partial charge in [-0.3, -0.25) is 0 Å². The number of nitrogens with one attached hydrogen (secondary N) is 1. The Morgan fingerprint density at radius 3 is 2.85 bits per heavy atom. The third-order valence-corrected chi connectivity index (χ3v) is 3.55. The fourth-order valence-corrected chi connectivity index (χ4v) is 2.19. The largest absolute Gasteiger partial charge is 0.395 e. The maximum absolute atomic E-state index is 11.3. The summed E-state index contributed by atoms with van der Waals surface area (Å²) in [5.74, 6) is 0. The van der Waals surface area contributed by atoms with Crippen molar-refractivity contribution in [3.63, 3.8) is 0 Å². The van der Waals surface area contributed by atoms with E-state index >= 15 is 0 Å². The molecule has 4 nitrogen and oxygen atoms in total. The standard InChI is InChI=1S/C8H16N2O2S/c1-6(7(5-11)13-2)10-4-3-9-8(10)12/h6-7,11H,3-5H2,1-2H3,(H,9,12). The van der Waals surface area contributed by atoms with E-state index in [1.165, 1.54) is 0 Å². The van der Waals surface area contributed by atoms with Crippen molar-refractivity contribution in [1.82, 2.24) is 10.2 Å². The number of hydrogen-bond donors (Lipinski definition) is 2. The van der Waals surface area contributed by atoms with Crippen molar-refractivity contribution in [3.8, 4) is 0 Å². The van der Waals surface area contributed by atoms with Crippen LogP contribution in [0, 0.1) is 0 Å². The van der Waals surface area contributed by atoms with Crippen LogP contribution in [-0.4, -0.2) is 53.3 Å². The molecule has 0 aromatic heterocycles.